The molecule has 1 aromatic heterocycles. The highest BCUT2D eigenvalue weighted by molar-refractivity contribution is 6.82. The number of rotatable bonds is 5. The standard InChI is InChI=1S/C19H22BF2N3O/c1-5-8-25-11(2)15(9-24-25)13-6-7-14(18(22)17(13)21)16-10-23-19(12(3)26)20(16)4/h6-7,9-10,19,23H,5,8H2,1-4H3. The van der Waals surface area contributed by atoms with Crippen LogP contribution >= 0.6 is 0 Å². The van der Waals surface area contributed by atoms with Gasteiger partial charge in [-0.2, -0.15) is 5.10 Å². The van der Waals surface area contributed by atoms with Gasteiger partial charge < -0.3 is 5.32 Å². The van der Waals surface area contributed by atoms with E-state index < -0.39 is 17.6 Å². The van der Waals surface area contributed by atoms with Crippen molar-refractivity contribution in [3.8, 4) is 11.1 Å². The number of ketones is 1. The molecule has 136 valence electrons. The Labute approximate surface area is 152 Å². The molecule has 0 spiro atoms. The molecule has 0 amide bonds. The fourth-order valence-corrected chi connectivity index (χ4v) is 3.56. The van der Waals surface area contributed by atoms with Crippen LogP contribution in [0, 0.1) is 18.6 Å². The molecule has 1 aromatic carbocycles. The fraction of sp³-hybridized carbons (Fsp3) is 0.368. The summed E-state index contributed by atoms with van der Waals surface area (Å²) in [7, 11) is 0. The molecule has 2 heterocycles. The van der Waals surface area contributed by atoms with Crippen molar-refractivity contribution in [2.45, 2.75) is 46.5 Å². The molecule has 1 aliphatic heterocycles. The Morgan fingerprint density at radius 1 is 1.27 bits per heavy atom. The molecule has 7 heteroatoms. The second-order valence-corrected chi connectivity index (χ2v) is 6.80. The number of benzene rings is 1. The van der Waals surface area contributed by atoms with Gasteiger partial charge in [-0.15, -0.1) is 0 Å². The topological polar surface area (TPSA) is 46.9 Å². The molecular weight excluding hydrogens is 335 g/mol. The summed E-state index contributed by atoms with van der Waals surface area (Å²) in [6, 6.07) is 3.17. The second kappa shape index (κ2) is 7.06. The lowest BCUT2D eigenvalue weighted by Gasteiger charge is -2.14. The number of nitrogens with zero attached hydrogens (tertiary/aromatic N) is 2. The molecule has 0 saturated heterocycles. The van der Waals surface area contributed by atoms with Crippen LogP contribution in [0.25, 0.3) is 16.6 Å². The van der Waals surface area contributed by atoms with Crippen molar-refractivity contribution in [3.05, 3.63) is 47.4 Å². The lowest BCUT2D eigenvalue weighted by molar-refractivity contribution is -0.117. The zero-order valence-corrected chi connectivity index (χ0v) is 15.4. The third-order valence-electron chi connectivity index (χ3n) is 5.07. The van der Waals surface area contributed by atoms with Gasteiger partial charge in [-0.25, -0.2) is 8.78 Å². The first-order chi connectivity index (χ1) is 12.4. The summed E-state index contributed by atoms with van der Waals surface area (Å²) >= 11 is 0. The molecule has 0 fully saturated rings. The minimum Gasteiger partial charge on any atom is -0.388 e. The van der Waals surface area contributed by atoms with Crippen molar-refractivity contribution in [1.82, 2.24) is 15.1 Å². The number of nitrogens with one attached hydrogen (secondary N) is 1. The summed E-state index contributed by atoms with van der Waals surface area (Å²) in [6.07, 6.45) is 4.10. The molecule has 0 bridgehead atoms. The predicted octanol–water partition coefficient (Wildman–Crippen LogP) is 3.65. The minimum atomic E-state index is -0.894. The average molecular weight is 357 g/mol. The largest absolute Gasteiger partial charge is 0.388 e. The van der Waals surface area contributed by atoms with E-state index in [4.69, 9.17) is 0 Å². The SMILES string of the molecule is CCCn1ncc(-c2ccc(C3=CNC(C(C)=O)B3C)c(F)c2F)c1C. The summed E-state index contributed by atoms with van der Waals surface area (Å²) < 4.78 is 31.5. The lowest BCUT2D eigenvalue weighted by atomic mass is 9.41. The van der Waals surface area contributed by atoms with Gasteiger partial charge in [0, 0.05) is 28.9 Å². The first-order valence-corrected chi connectivity index (χ1v) is 8.84. The minimum absolute atomic E-state index is 0.0276. The third kappa shape index (κ3) is 2.95. The van der Waals surface area contributed by atoms with E-state index in [1.807, 2.05) is 20.7 Å². The number of hydrogen-bond donors (Lipinski definition) is 1. The van der Waals surface area contributed by atoms with Crippen molar-refractivity contribution in [3.63, 3.8) is 0 Å². The zero-order valence-electron chi connectivity index (χ0n) is 15.4. The molecule has 4 nitrogen and oxygen atoms in total. The van der Waals surface area contributed by atoms with Gasteiger partial charge in [0.05, 0.1) is 12.1 Å². The monoisotopic (exact) mass is 357 g/mol. The van der Waals surface area contributed by atoms with Gasteiger partial charge in [-0.05, 0) is 26.5 Å². The van der Waals surface area contributed by atoms with Gasteiger partial charge in [-0.1, -0.05) is 31.4 Å². The molecule has 1 atom stereocenters. The maximum absolute atomic E-state index is 14.8. The van der Waals surface area contributed by atoms with E-state index in [2.05, 4.69) is 10.4 Å². The van der Waals surface area contributed by atoms with Crippen LogP contribution in [0.3, 0.4) is 0 Å². The van der Waals surface area contributed by atoms with Gasteiger partial charge in [0.2, 0.25) is 6.71 Å². The smallest absolute Gasteiger partial charge is 0.210 e. The average Bonchev–Trinajstić information content (AvgIpc) is 3.15. The number of hydrogen-bond acceptors (Lipinski definition) is 3. The summed E-state index contributed by atoms with van der Waals surface area (Å²) in [5, 5.41) is 7.22. The van der Waals surface area contributed by atoms with E-state index in [1.165, 1.54) is 6.92 Å². The Morgan fingerprint density at radius 2 is 1.92 bits per heavy atom. The number of aromatic nitrogens is 2. The molecule has 1 aliphatic rings. The van der Waals surface area contributed by atoms with E-state index in [0.29, 0.717) is 11.0 Å². The van der Waals surface area contributed by atoms with Crippen molar-refractivity contribution < 1.29 is 13.6 Å². The number of aryl methyl sites for hydroxylation is 1. The highest BCUT2D eigenvalue weighted by Gasteiger charge is 2.35. The van der Waals surface area contributed by atoms with Crippen LogP contribution in [0.5, 0.6) is 0 Å². The van der Waals surface area contributed by atoms with Crippen molar-refractivity contribution in [2.24, 2.45) is 0 Å². The first-order valence-electron chi connectivity index (χ1n) is 8.84. The maximum atomic E-state index is 14.8. The van der Waals surface area contributed by atoms with Crippen molar-refractivity contribution in [1.29, 1.82) is 0 Å². The van der Waals surface area contributed by atoms with Crippen LogP contribution in [0.2, 0.25) is 6.82 Å². The van der Waals surface area contributed by atoms with E-state index in [9.17, 15) is 13.6 Å². The number of Topliss-reactive ketones (excluding diaryl/α,β-unsaturated/α-hetero) is 1. The molecule has 0 saturated carbocycles. The Hall–Kier alpha value is -2.44. The maximum Gasteiger partial charge on any atom is 0.210 e. The normalized spacial score (nSPS) is 16.6. The fourth-order valence-electron chi connectivity index (χ4n) is 3.56. The molecule has 1 unspecified atom stereocenters. The molecule has 0 aliphatic carbocycles. The molecule has 26 heavy (non-hydrogen) atoms. The van der Waals surface area contributed by atoms with Crippen LogP contribution in [0.4, 0.5) is 8.78 Å². The van der Waals surface area contributed by atoms with E-state index >= 15 is 0 Å². The zero-order chi connectivity index (χ0) is 19.0. The first kappa shape index (κ1) is 18.4. The van der Waals surface area contributed by atoms with Crippen LogP contribution in [0.15, 0.2) is 24.5 Å². The van der Waals surface area contributed by atoms with Gasteiger partial charge in [-0.3, -0.25) is 9.48 Å². The number of carbonyl (C=O) groups excluding carboxylic acids is 1. The Kier molecular flexibility index (Phi) is 4.98. The highest BCUT2D eigenvalue weighted by Crippen LogP contribution is 2.33. The van der Waals surface area contributed by atoms with Gasteiger partial charge in [0.15, 0.2) is 11.6 Å². The molecule has 0 radical (unpaired) electrons. The predicted molar refractivity (Wildman–Crippen MR) is 99.8 cm³/mol. The lowest BCUT2D eigenvalue weighted by Crippen LogP contribution is -2.39. The second-order valence-electron chi connectivity index (χ2n) is 6.80. The molecule has 2 aromatic rings. The van der Waals surface area contributed by atoms with E-state index in [0.717, 1.165) is 18.7 Å². The summed E-state index contributed by atoms with van der Waals surface area (Å²) in [6.45, 7) is 7.72. The Balaban J connectivity index is 1.99. The van der Waals surface area contributed by atoms with Gasteiger partial charge in [0.25, 0.3) is 0 Å². The Morgan fingerprint density at radius 3 is 2.54 bits per heavy atom. The van der Waals surface area contributed by atoms with Crippen LogP contribution in [0.1, 0.15) is 31.5 Å². The number of halogens is 2. The van der Waals surface area contributed by atoms with Crippen molar-refractivity contribution in [2.75, 3.05) is 0 Å². The van der Waals surface area contributed by atoms with Crippen LogP contribution < -0.4 is 5.32 Å². The van der Waals surface area contributed by atoms with E-state index in [1.54, 1.807) is 29.2 Å². The highest BCUT2D eigenvalue weighted by atomic mass is 19.2. The quantitative estimate of drug-likeness (QED) is 0.831. The summed E-state index contributed by atoms with van der Waals surface area (Å²) in [4.78, 5) is 11.6. The van der Waals surface area contributed by atoms with Crippen molar-refractivity contribution >= 4 is 18.0 Å². The van der Waals surface area contributed by atoms with Crippen LogP contribution in [-0.4, -0.2) is 28.2 Å². The van der Waals surface area contributed by atoms with E-state index in [-0.39, 0.29) is 23.6 Å². The third-order valence-corrected chi connectivity index (χ3v) is 5.07. The van der Waals surface area contributed by atoms with Crippen LogP contribution in [-0.2, 0) is 11.3 Å². The summed E-state index contributed by atoms with van der Waals surface area (Å²) in [5.74, 6) is -2.21. The van der Waals surface area contributed by atoms with Gasteiger partial charge >= 0.3 is 0 Å². The number of carbonyl (C=O) groups is 1. The molecular formula is C19H22BF2N3O. The molecule has 1 N–H and O–H groups in total. The van der Waals surface area contributed by atoms with Gasteiger partial charge in [0.1, 0.15) is 5.78 Å². The Bertz CT molecular complexity index is 891. The molecule has 3 rings (SSSR count). The summed E-state index contributed by atoms with van der Waals surface area (Å²) in [5.41, 5.74) is 2.40.